The lowest BCUT2D eigenvalue weighted by Gasteiger charge is -2.07. The van der Waals surface area contributed by atoms with Crippen LogP contribution in [0.2, 0.25) is 0 Å². The van der Waals surface area contributed by atoms with Crippen molar-refractivity contribution >= 4 is 43.4 Å². The molecule has 0 unspecified atom stereocenters. The van der Waals surface area contributed by atoms with Crippen LogP contribution in [0.4, 0.5) is 11.6 Å². The molecule has 0 saturated heterocycles. The molecule has 0 amide bonds. The highest BCUT2D eigenvalue weighted by Gasteiger charge is 2.11. The molecule has 0 saturated carbocycles. The van der Waals surface area contributed by atoms with Gasteiger partial charge >= 0.3 is 0 Å². The number of hydrogen-bond acceptors (Lipinski definition) is 7. The summed E-state index contributed by atoms with van der Waals surface area (Å²) in [7, 11) is -3.24. The van der Waals surface area contributed by atoms with Crippen LogP contribution in [-0.2, 0) is 9.84 Å². The molecule has 2 aromatic carbocycles. The van der Waals surface area contributed by atoms with E-state index in [2.05, 4.69) is 30.6 Å². The Morgan fingerprint density at radius 2 is 1.83 bits per heavy atom. The molecule has 5 rings (SSSR count). The zero-order valence-electron chi connectivity index (χ0n) is 15.2. The summed E-state index contributed by atoms with van der Waals surface area (Å²) in [5.41, 5.74) is 3.08. The van der Waals surface area contributed by atoms with Crippen molar-refractivity contribution in [2.45, 2.75) is 4.90 Å². The van der Waals surface area contributed by atoms with Crippen molar-refractivity contribution in [3.05, 3.63) is 61.1 Å². The highest BCUT2D eigenvalue weighted by atomic mass is 32.2. The molecular weight excluding hydrogens is 390 g/mol. The van der Waals surface area contributed by atoms with Crippen LogP contribution < -0.4 is 5.32 Å². The van der Waals surface area contributed by atoms with Crippen molar-refractivity contribution in [3.63, 3.8) is 0 Å². The molecule has 0 atom stereocenters. The standard InChI is InChI=1S/C19H15N7O2S/c1-29(27,28)16-6-3-14(4-7-16)23-19-20-9-13-11-22-26(18(13)24-19)15-5-2-12-10-21-25-17(12)8-15/h2-11H,1H3,(H,21,25)(H,20,23,24). The van der Waals surface area contributed by atoms with E-state index in [1.54, 1.807) is 47.5 Å². The second kappa shape index (κ2) is 6.38. The molecule has 0 radical (unpaired) electrons. The average Bonchev–Trinajstić information content (AvgIpc) is 3.33. The van der Waals surface area contributed by atoms with Gasteiger partial charge in [-0.25, -0.2) is 18.1 Å². The monoisotopic (exact) mass is 405 g/mol. The summed E-state index contributed by atoms with van der Waals surface area (Å²) in [5, 5.41) is 16.3. The Labute approximate surface area is 165 Å². The normalized spacial score (nSPS) is 11.9. The highest BCUT2D eigenvalue weighted by molar-refractivity contribution is 7.90. The van der Waals surface area contributed by atoms with Crippen molar-refractivity contribution in [2.24, 2.45) is 0 Å². The fraction of sp³-hybridized carbons (Fsp3) is 0.0526. The largest absolute Gasteiger partial charge is 0.324 e. The second-order valence-corrected chi connectivity index (χ2v) is 8.61. The summed E-state index contributed by atoms with van der Waals surface area (Å²) in [5.74, 6) is 0.383. The van der Waals surface area contributed by atoms with Gasteiger partial charge in [-0.05, 0) is 42.5 Å². The number of fused-ring (bicyclic) bond motifs is 2. The zero-order valence-corrected chi connectivity index (χ0v) is 16.1. The summed E-state index contributed by atoms with van der Waals surface area (Å²) in [6, 6.07) is 12.3. The van der Waals surface area contributed by atoms with E-state index in [-0.39, 0.29) is 4.90 Å². The molecule has 144 valence electrons. The number of nitrogens with zero attached hydrogens (tertiary/aromatic N) is 5. The fourth-order valence-electron chi connectivity index (χ4n) is 3.04. The molecule has 0 spiro atoms. The van der Waals surface area contributed by atoms with Crippen LogP contribution in [0.1, 0.15) is 0 Å². The number of nitrogens with one attached hydrogen (secondary N) is 2. The van der Waals surface area contributed by atoms with Crippen LogP contribution in [0.25, 0.3) is 27.6 Å². The molecule has 2 N–H and O–H groups in total. The molecule has 0 aliphatic rings. The first-order valence-corrected chi connectivity index (χ1v) is 10.6. The number of sulfone groups is 1. The Morgan fingerprint density at radius 3 is 2.62 bits per heavy atom. The lowest BCUT2D eigenvalue weighted by molar-refractivity contribution is 0.602. The minimum atomic E-state index is -3.24. The van der Waals surface area contributed by atoms with E-state index < -0.39 is 9.84 Å². The van der Waals surface area contributed by atoms with Gasteiger partial charge < -0.3 is 5.32 Å². The van der Waals surface area contributed by atoms with Crippen molar-refractivity contribution < 1.29 is 8.42 Å². The number of aromatic nitrogens is 6. The van der Waals surface area contributed by atoms with E-state index in [4.69, 9.17) is 0 Å². The second-order valence-electron chi connectivity index (χ2n) is 6.59. The predicted molar refractivity (Wildman–Crippen MR) is 109 cm³/mol. The third-order valence-corrected chi connectivity index (χ3v) is 5.65. The molecule has 5 aromatic rings. The van der Waals surface area contributed by atoms with Gasteiger partial charge in [0.05, 0.1) is 33.9 Å². The predicted octanol–water partition coefficient (Wildman–Crippen LogP) is 2.84. The molecule has 0 fully saturated rings. The average molecular weight is 405 g/mol. The first-order valence-electron chi connectivity index (χ1n) is 8.69. The number of aromatic amines is 1. The summed E-state index contributed by atoms with van der Waals surface area (Å²) >= 11 is 0. The Morgan fingerprint density at radius 1 is 1.00 bits per heavy atom. The minimum absolute atomic E-state index is 0.256. The van der Waals surface area contributed by atoms with Gasteiger partial charge in [0, 0.05) is 23.5 Å². The third-order valence-electron chi connectivity index (χ3n) is 4.52. The number of hydrogen-bond donors (Lipinski definition) is 2. The number of anilines is 2. The van der Waals surface area contributed by atoms with Gasteiger partial charge in [-0.1, -0.05) is 0 Å². The van der Waals surface area contributed by atoms with Gasteiger partial charge in [0.15, 0.2) is 15.5 Å². The van der Waals surface area contributed by atoms with Crippen LogP contribution in [0.15, 0.2) is 66.0 Å². The van der Waals surface area contributed by atoms with Gasteiger partial charge in [0.2, 0.25) is 5.95 Å². The first kappa shape index (κ1) is 17.3. The Bertz CT molecular complexity index is 1450. The maximum absolute atomic E-state index is 11.6. The smallest absolute Gasteiger partial charge is 0.229 e. The minimum Gasteiger partial charge on any atom is -0.324 e. The van der Waals surface area contributed by atoms with Gasteiger partial charge in [-0.3, -0.25) is 5.10 Å². The van der Waals surface area contributed by atoms with E-state index in [9.17, 15) is 8.42 Å². The quantitative estimate of drug-likeness (QED) is 0.472. The van der Waals surface area contributed by atoms with Crippen LogP contribution >= 0.6 is 0 Å². The van der Waals surface area contributed by atoms with Crippen molar-refractivity contribution in [1.29, 1.82) is 0 Å². The SMILES string of the molecule is CS(=O)(=O)c1ccc(Nc2ncc3cnn(-c4ccc5cn[nH]c5c4)c3n2)cc1. The van der Waals surface area contributed by atoms with Crippen molar-refractivity contribution in [3.8, 4) is 5.69 Å². The molecule has 10 heteroatoms. The van der Waals surface area contributed by atoms with E-state index in [0.717, 1.165) is 22.0 Å². The summed E-state index contributed by atoms with van der Waals surface area (Å²) in [4.78, 5) is 9.15. The molecule has 0 aliphatic carbocycles. The fourth-order valence-corrected chi connectivity index (χ4v) is 3.67. The van der Waals surface area contributed by atoms with Crippen LogP contribution in [0.5, 0.6) is 0 Å². The lowest BCUT2D eigenvalue weighted by Crippen LogP contribution is -2.02. The number of benzene rings is 2. The molecule has 29 heavy (non-hydrogen) atoms. The van der Waals surface area contributed by atoms with E-state index in [0.29, 0.717) is 17.3 Å². The molecule has 9 nitrogen and oxygen atoms in total. The van der Waals surface area contributed by atoms with Crippen molar-refractivity contribution in [2.75, 3.05) is 11.6 Å². The van der Waals surface area contributed by atoms with Gasteiger partial charge in [-0.15, -0.1) is 0 Å². The highest BCUT2D eigenvalue weighted by Crippen LogP contribution is 2.22. The zero-order chi connectivity index (χ0) is 20.0. The van der Waals surface area contributed by atoms with Gasteiger partial charge in [0.25, 0.3) is 0 Å². The Balaban J connectivity index is 1.50. The van der Waals surface area contributed by atoms with Crippen LogP contribution in [0, 0.1) is 0 Å². The summed E-state index contributed by atoms with van der Waals surface area (Å²) in [6.07, 6.45) is 6.33. The van der Waals surface area contributed by atoms with E-state index in [1.807, 2.05) is 18.2 Å². The molecule has 3 aromatic heterocycles. The lowest BCUT2D eigenvalue weighted by atomic mass is 10.2. The third kappa shape index (κ3) is 3.19. The van der Waals surface area contributed by atoms with E-state index in [1.165, 1.54) is 6.26 Å². The van der Waals surface area contributed by atoms with Gasteiger partial charge in [-0.2, -0.15) is 15.2 Å². The summed E-state index contributed by atoms with van der Waals surface area (Å²) in [6.45, 7) is 0. The topological polar surface area (TPSA) is 118 Å². The number of rotatable bonds is 4. The van der Waals surface area contributed by atoms with Crippen LogP contribution in [0.3, 0.4) is 0 Å². The molecule has 3 heterocycles. The molecule has 0 aliphatic heterocycles. The maximum Gasteiger partial charge on any atom is 0.229 e. The number of H-pyrrole nitrogens is 1. The first-order chi connectivity index (χ1) is 14.0. The van der Waals surface area contributed by atoms with Crippen molar-refractivity contribution in [1.82, 2.24) is 29.9 Å². The van der Waals surface area contributed by atoms with E-state index >= 15 is 0 Å². The Hall–Kier alpha value is -3.79. The molecule has 0 bridgehead atoms. The van der Waals surface area contributed by atoms with Gasteiger partial charge in [0.1, 0.15) is 0 Å². The Kier molecular flexibility index (Phi) is 3.81. The summed E-state index contributed by atoms with van der Waals surface area (Å²) < 4.78 is 24.9. The van der Waals surface area contributed by atoms with Crippen LogP contribution in [-0.4, -0.2) is 44.6 Å². The maximum atomic E-state index is 11.6. The molecular formula is C19H15N7O2S.